The fraction of sp³-hybridized carbons (Fsp3) is 0.923. The first-order valence-electron chi connectivity index (χ1n) is 13.1. The summed E-state index contributed by atoms with van der Waals surface area (Å²) in [5.74, 6) is -0.960. The molecule has 1 atom stereocenters. The summed E-state index contributed by atoms with van der Waals surface area (Å²) < 4.78 is 0. The fourth-order valence-electron chi connectivity index (χ4n) is 3.99. The summed E-state index contributed by atoms with van der Waals surface area (Å²) >= 11 is 0. The molecular weight excluding hydrogens is 374 g/mol. The van der Waals surface area contributed by atoms with Gasteiger partial charge in [0.25, 0.3) is 0 Å². The normalized spacial score (nSPS) is 12.1. The van der Waals surface area contributed by atoms with Gasteiger partial charge in [-0.05, 0) is 19.3 Å². The fourth-order valence-corrected chi connectivity index (χ4v) is 3.99. The minimum Gasteiger partial charge on any atom is -0.481 e. The average Bonchev–Trinajstić information content (AvgIpc) is 2.73. The van der Waals surface area contributed by atoms with Gasteiger partial charge in [-0.15, -0.1) is 0 Å². The highest BCUT2D eigenvalue weighted by atomic mass is 16.4. The van der Waals surface area contributed by atoms with E-state index in [1.807, 2.05) is 0 Å². The molecule has 30 heavy (non-hydrogen) atoms. The maximum absolute atomic E-state index is 12.0. The van der Waals surface area contributed by atoms with Crippen molar-refractivity contribution >= 4 is 11.9 Å². The summed E-state index contributed by atoms with van der Waals surface area (Å²) in [5.41, 5.74) is 0. The Labute approximate surface area is 187 Å². The van der Waals surface area contributed by atoms with Crippen molar-refractivity contribution in [2.24, 2.45) is 5.92 Å². The van der Waals surface area contributed by atoms with Gasteiger partial charge in [0.2, 0.25) is 5.91 Å². The Bertz CT molecular complexity index is 398. The Kier molecular flexibility index (Phi) is 21.8. The smallest absolute Gasteiger partial charge is 0.306 e. The number of hydrogen-bond donors (Lipinski definition) is 2. The lowest BCUT2D eigenvalue weighted by Crippen LogP contribution is -2.27. The summed E-state index contributed by atoms with van der Waals surface area (Å²) in [6, 6.07) is 0. The van der Waals surface area contributed by atoms with E-state index in [0.29, 0.717) is 19.4 Å². The second-order valence-electron chi connectivity index (χ2n) is 9.02. The molecule has 0 aliphatic rings. The van der Waals surface area contributed by atoms with Crippen molar-refractivity contribution in [2.45, 2.75) is 142 Å². The van der Waals surface area contributed by atoms with Gasteiger partial charge in [-0.2, -0.15) is 0 Å². The molecule has 0 bridgehead atoms. The maximum atomic E-state index is 12.0. The van der Waals surface area contributed by atoms with Gasteiger partial charge < -0.3 is 10.4 Å². The molecule has 1 amide bonds. The zero-order valence-electron chi connectivity index (χ0n) is 20.2. The molecule has 0 aromatic rings. The van der Waals surface area contributed by atoms with Gasteiger partial charge in [0, 0.05) is 13.0 Å². The van der Waals surface area contributed by atoms with E-state index in [-0.39, 0.29) is 11.8 Å². The minimum absolute atomic E-state index is 0.0779. The third-order valence-electron chi connectivity index (χ3n) is 6.08. The maximum Gasteiger partial charge on any atom is 0.306 e. The zero-order chi connectivity index (χ0) is 22.3. The predicted molar refractivity (Wildman–Crippen MR) is 128 cm³/mol. The molecule has 0 rings (SSSR count). The standard InChI is InChI=1S/C26H51NO3/c1-3-5-7-9-11-13-15-17-19-21-25(28)27-23-22-24(26(29)30)20-18-16-14-12-10-8-6-4-2/h24H,3-23H2,1-2H3,(H,27,28)(H,29,30). The van der Waals surface area contributed by atoms with Crippen LogP contribution in [0.1, 0.15) is 142 Å². The molecule has 0 aliphatic heterocycles. The van der Waals surface area contributed by atoms with Crippen molar-refractivity contribution in [2.75, 3.05) is 6.54 Å². The molecule has 178 valence electrons. The van der Waals surface area contributed by atoms with Gasteiger partial charge in [0.15, 0.2) is 0 Å². The molecule has 0 radical (unpaired) electrons. The van der Waals surface area contributed by atoms with E-state index in [1.54, 1.807) is 0 Å². The monoisotopic (exact) mass is 425 g/mol. The number of carbonyl (C=O) groups is 2. The van der Waals surface area contributed by atoms with Crippen LogP contribution < -0.4 is 5.32 Å². The first-order chi connectivity index (χ1) is 14.6. The molecule has 4 nitrogen and oxygen atoms in total. The van der Waals surface area contributed by atoms with Crippen LogP contribution in [0.15, 0.2) is 0 Å². The van der Waals surface area contributed by atoms with E-state index in [4.69, 9.17) is 0 Å². The second-order valence-corrected chi connectivity index (χ2v) is 9.02. The molecule has 0 aliphatic carbocycles. The SMILES string of the molecule is CCCCCCCCCCCC(=O)NCCC(CCCCCCCCCC)C(=O)O. The molecule has 0 aromatic heterocycles. The van der Waals surface area contributed by atoms with E-state index < -0.39 is 5.97 Å². The van der Waals surface area contributed by atoms with E-state index in [1.165, 1.54) is 83.5 Å². The van der Waals surface area contributed by atoms with Crippen LogP contribution in [0.25, 0.3) is 0 Å². The Morgan fingerprint density at radius 2 is 1.07 bits per heavy atom. The lowest BCUT2D eigenvalue weighted by atomic mass is 9.97. The van der Waals surface area contributed by atoms with Crippen LogP contribution in [-0.2, 0) is 9.59 Å². The van der Waals surface area contributed by atoms with E-state index in [9.17, 15) is 14.7 Å². The predicted octanol–water partition coefficient (Wildman–Crippen LogP) is 7.65. The molecule has 0 saturated heterocycles. The average molecular weight is 426 g/mol. The number of carbonyl (C=O) groups excluding carboxylic acids is 1. The van der Waals surface area contributed by atoms with Crippen LogP contribution in [0.2, 0.25) is 0 Å². The zero-order valence-corrected chi connectivity index (χ0v) is 20.2. The number of nitrogens with one attached hydrogen (secondary N) is 1. The first-order valence-corrected chi connectivity index (χ1v) is 13.1. The number of unbranched alkanes of at least 4 members (excludes halogenated alkanes) is 15. The third kappa shape index (κ3) is 20.2. The summed E-state index contributed by atoms with van der Waals surface area (Å²) in [5, 5.41) is 12.3. The van der Waals surface area contributed by atoms with Gasteiger partial charge in [0.1, 0.15) is 0 Å². The molecule has 0 spiro atoms. The molecular formula is C26H51NO3. The Morgan fingerprint density at radius 1 is 0.633 bits per heavy atom. The summed E-state index contributed by atoms with van der Waals surface area (Å²) in [6.07, 6.45) is 22.9. The van der Waals surface area contributed by atoms with Gasteiger partial charge in [0.05, 0.1) is 5.92 Å². The lowest BCUT2D eigenvalue weighted by molar-refractivity contribution is -0.142. The van der Waals surface area contributed by atoms with Gasteiger partial charge in [-0.1, -0.05) is 117 Å². The van der Waals surface area contributed by atoms with Crippen molar-refractivity contribution in [3.8, 4) is 0 Å². The third-order valence-corrected chi connectivity index (χ3v) is 6.08. The lowest BCUT2D eigenvalue weighted by Gasteiger charge is -2.13. The number of aliphatic carboxylic acids is 1. The Hall–Kier alpha value is -1.06. The number of carboxylic acid groups (broad SMARTS) is 1. The topological polar surface area (TPSA) is 66.4 Å². The van der Waals surface area contributed by atoms with Crippen LogP contribution in [-0.4, -0.2) is 23.5 Å². The van der Waals surface area contributed by atoms with Crippen LogP contribution >= 0.6 is 0 Å². The van der Waals surface area contributed by atoms with Gasteiger partial charge >= 0.3 is 5.97 Å². The number of hydrogen-bond acceptors (Lipinski definition) is 2. The summed E-state index contributed by atoms with van der Waals surface area (Å²) in [4.78, 5) is 23.4. The second kappa shape index (κ2) is 22.6. The summed E-state index contributed by atoms with van der Waals surface area (Å²) in [7, 11) is 0. The number of amides is 1. The van der Waals surface area contributed by atoms with Crippen molar-refractivity contribution in [1.82, 2.24) is 5.32 Å². The molecule has 1 unspecified atom stereocenters. The van der Waals surface area contributed by atoms with Crippen LogP contribution in [0, 0.1) is 5.92 Å². The minimum atomic E-state index is -0.717. The van der Waals surface area contributed by atoms with Crippen molar-refractivity contribution < 1.29 is 14.7 Å². The van der Waals surface area contributed by atoms with Crippen LogP contribution in [0.3, 0.4) is 0 Å². The van der Waals surface area contributed by atoms with Crippen molar-refractivity contribution in [3.05, 3.63) is 0 Å². The van der Waals surface area contributed by atoms with Crippen LogP contribution in [0.5, 0.6) is 0 Å². The molecule has 0 fully saturated rings. The molecule has 0 saturated carbocycles. The van der Waals surface area contributed by atoms with Crippen molar-refractivity contribution in [3.63, 3.8) is 0 Å². The highest BCUT2D eigenvalue weighted by Gasteiger charge is 2.16. The van der Waals surface area contributed by atoms with E-state index >= 15 is 0 Å². The Morgan fingerprint density at radius 3 is 1.53 bits per heavy atom. The molecule has 4 heteroatoms. The first kappa shape index (κ1) is 28.9. The molecule has 0 aromatic carbocycles. The summed E-state index contributed by atoms with van der Waals surface area (Å²) in [6.45, 7) is 4.96. The highest BCUT2D eigenvalue weighted by Crippen LogP contribution is 2.16. The van der Waals surface area contributed by atoms with Crippen molar-refractivity contribution in [1.29, 1.82) is 0 Å². The number of carboxylic acids is 1. The van der Waals surface area contributed by atoms with Gasteiger partial charge in [-0.25, -0.2) is 0 Å². The number of rotatable bonds is 23. The van der Waals surface area contributed by atoms with E-state index in [2.05, 4.69) is 19.2 Å². The van der Waals surface area contributed by atoms with Gasteiger partial charge in [-0.3, -0.25) is 9.59 Å². The molecule has 2 N–H and O–H groups in total. The largest absolute Gasteiger partial charge is 0.481 e. The van der Waals surface area contributed by atoms with Crippen LogP contribution in [0.4, 0.5) is 0 Å². The van der Waals surface area contributed by atoms with E-state index in [0.717, 1.165) is 32.1 Å². The Balaban J connectivity index is 3.60. The quantitative estimate of drug-likeness (QED) is 0.165. The molecule has 0 heterocycles. The highest BCUT2D eigenvalue weighted by molar-refractivity contribution is 5.76.